The van der Waals surface area contributed by atoms with Crippen molar-refractivity contribution in [3.63, 3.8) is 0 Å². The van der Waals surface area contributed by atoms with Gasteiger partial charge in [0.05, 0.1) is 0 Å². The predicted octanol–water partition coefficient (Wildman–Crippen LogP) is 5.87. The SMILES string of the molecule is Brc1ccc2c(c1)oc1cc(Br)cc(Br)c12. The lowest BCUT2D eigenvalue weighted by Crippen LogP contribution is -1.71. The Balaban J connectivity index is 2.56. The van der Waals surface area contributed by atoms with Crippen LogP contribution in [-0.2, 0) is 0 Å². The van der Waals surface area contributed by atoms with Crippen LogP contribution in [0.2, 0.25) is 0 Å². The van der Waals surface area contributed by atoms with Crippen molar-refractivity contribution in [3.8, 4) is 0 Å². The van der Waals surface area contributed by atoms with Crippen LogP contribution in [0.4, 0.5) is 0 Å². The number of halogens is 3. The second-order valence-corrected chi connectivity index (χ2v) is 6.19. The first-order valence-electron chi connectivity index (χ1n) is 4.62. The second kappa shape index (κ2) is 3.86. The Morgan fingerprint density at radius 1 is 0.812 bits per heavy atom. The van der Waals surface area contributed by atoms with E-state index in [-0.39, 0.29) is 0 Å². The molecule has 1 nitrogen and oxygen atoms in total. The molecule has 4 heteroatoms. The van der Waals surface area contributed by atoms with E-state index in [9.17, 15) is 0 Å². The summed E-state index contributed by atoms with van der Waals surface area (Å²) < 4.78 is 8.87. The van der Waals surface area contributed by atoms with Gasteiger partial charge in [-0.05, 0) is 46.3 Å². The van der Waals surface area contributed by atoms with Gasteiger partial charge >= 0.3 is 0 Å². The van der Waals surface area contributed by atoms with Gasteiger partial charge in [-0.1, -0.05) is 31.9 Å². The van der Waals surface area contributed by atoms with Crippen LogP contribution < -0.4 is 0 Å². The molecule has 3 rings (SSSR count). The van der Waals surface area contributed by atoms with Crippen molar-refractivity contribution in [2.24, 2.45) is 0 Å². The minimum Gasteiger partial charge on any atom is -0.456 e. The van der Waals surface area contributed by atoms with Crippen LogP contribution in [0.5, 0.6) is 0 Å². The van der Waals surface area contributed by atoms with Crippen molar-refractivity contribution in [2.75, 3.05) is 0 Å². The Morgan fingerprint density at radius 3 is 2.38 bits per heavy atom. The van der Waals surface area contributed by atoms with Gasteiger partial charge in [0, 0.05) is 24.2 Å². The fourth-order valence-electron chi connectivity index (χ4n) is 1.80. The fraction of sp³-hybridized carbons (Fsp3) is 0. The molecular weight excluding hydrogens is 400 g/mol. The highest BCUT2D eigenvalue weighted by molar-refractivity contribution is 9.11. The molecule has 0 radical (unpaired) electrons. The molecule has 0 N–H and O–H groups in total. The Labute approximate surface area is 117 Å². The minimum absolute atomic E-state index is 0.884. The highest BCUT2D eigenvalue weighted by Gasteiger charge is 2.10. The molecule has 0 fully saturated rings. The van der Waals surface area contributed by atoms with Crippen LogP contribution in [0.15, 0.2) is 48.2 Å². The van der Waals surface area contributed by atoms with Gasteiger partial charge < -0.3 is 4.42 Å². The van der Waals surface area contributed by atoms with Crippen molar-refractivity contribution < 1.29 is 4.42 Å². The molecule has 16 heavy (non-hydrogen) atoms. The number of hydrogen-bond acceptors (Lipinski definition) is 1. The molecule has 1 heterocycles. The van der Waals surface area contributed by atoms with E-state index in [1.54, 1.807) is 0 Å². The summed E-state index contributed by atoms with van der Waals surface area (Å²) in [6, 6.07) is 10.1. The van der Waals surface area contributed by atoms with E-state index in [0.717, 1.165) is 35.4 Å². The highest BCUT2D eigenvalue weighted by Crippen LogP contribution is 2.37. The summed E-state index contributed by atoms with van der Waals surface area (Å²) in [5.74, 6) is 0. The standard InChI is InChI=1S/C12H5Br3O/c13-6-1-2-8-10(4-6)16-11-5-7(14)3-9(15)12(8)11/h1-5H. The van der Waals surface area contributed by atoms with Crippen LogP contribution in [0, 0.1) is 0 Å². The van der Waals surface area contributed by atoms with E-state index in [1.165, 1.54) is 0 Å². The van der Waals surface area contributed by atoms with Gasteiger partial charge in [-0.3, -0.25) is 0 Å². The Bertz CT molecular complexity index is 700. The fourth-order valence-corrected chi connectivity index (χ4v) is 3.54. The normalized spacial score (nSPS) is 11.4. The van der Waals surface area contributed by atoms with Crippen LogP contribution in [-0.4, -0.2) is 0 Å². The molecule has 0 aliphatic carbocycles. The number of fused-ring (bicyclic) bond motifs is 3. The third-order valence-electron chi connectivity index (χ3n) is 2.45. The number of hydrogen-bond donors (Lipinski definition) is 0. The zero-order chi connectivity index (χ0) is 11.3. The molecule has 0 atom stereocenters. The second-order valence-electron chi connectivity index (χ2n) is 3.50. The first-order chi connectivity index (χ1) is 7.65. The number of benzene rings is 2. The largest absolute Gasteiger partial charge is 0.456 e. The van der Waals surface area contributed by atoms with Crippen LogP contribution in [0.25, 0.3) is 21.9 Å². The summed E-state index contributed by atoms with van der Waals surface area (Å²) >= 11 is 10.5. The maximum atomic E-state index is 5.80. The molecule has 80 valence electrons. The van der Waals surface area contributed by atoms with E-state index < -0.39 is 0 Å². The molecule has 0 saturated carbocycles. The maximum absolute atomic E-state index is 5.80. The molecule has 1 aromatic heterocycles. The van der Waals surface area contributed by atoms with E-state index in [0.29, 0.717) is 0 Å². The van der Waals surface area contributed by atoms with Gasteiger partial charge in [-0.15, -0.1) is 0 Å². The van der Waals surface area contributed by atoms with Gasteiger partial charge in [0.1, 0.15) is 11.2 Å². The summed E-state index contributed by atoms with van der Waals surface area (Å²) in [7, 11) is 0. The lowest BCUT2D eigenvalue weighted by Gasteiger charge is -1.95. The van der Waals surface area contributed by atoms with Crippen molar-refractivity contribution in [2.45, 2.75) is 0 Å². The van der Waals surface area contributed by atoms with Crippen molar-refractivity contribution in [1.82, 2.24) is 0 Å². The molecule has 0 bridgehead atoms. The van der Waals surface area contributed by atoms with E-state index >= 15 is 0 Å². The molecule has 0 spiro atoms. The third-order valence-corrected chi connectivity index (χ3v) is 4.03. The third kappa shape index (κ3) is 1.63. The van der Waals surface area contributed by atoms with Gasteiger partial charge in [-0.25, -0.2) is 0 Å². The number of furan rings is 1. The average Bonchev–Trinajstić information content (AvgIpc) is 2.54. The van der Waals surface area contributed by atoms with E-state index in [4.69, 9.17) is 4.42 Å². The molecule has 2 aromatic carbocycles. The summed E-state index contributed by atoms with van der Waals surface area (Å²) in [6.07, 6.45) is 0. The van der Waals surface area contributed by atoms with E-state index in [1.807, 2.05) is 24.3 Å². The van der Waals surface area contributed by atoms with Crippen molar-refractivity contribution >= 4 is 69.7 Å². The van der Waals surface area contributed by atoms with E-state index in [2.05, 4.69) is 53.9 Å². The lowest BCUT2D eigenvalue weighted by molar-refractivity contribution is 0.668. The molecular formula is C12H5Br3O. The monoisotopic (exact) mass is 402 g/mol. The Kier molecular flexibility index (Phi) is 2.61. The molecule has 0 aliphatic heterocycles. The van der Waals surface area contributed by atoms with Crippen LogP contribution in [0.1, 0.15) is 0 Å². The first kappa shape index (κ1) is 10.8. The molecule has 0 aliphatic rings. The highest BCUT2D eigenvalue weighted by atomic mass is 79.9. The van der Waals surface area contributed by atoms with Crippen molar-refractivity contribution in [3.05, 3.63) is 43.7 Å². The zero-order valence-electron chi connectivity index (χ0n) is 7.93. The summed E-state index contributed by atoms with van der Waals surface area (Å²) in [6.45, 7) is 0. The Morgan fingerprint density at radius 2 is 1.56 bits per heavy atom. The topological polar surface area (TPSA) is 13.1 Å². The number of rotatable bonds is 0. The molecule has 3 aromatic rings. The summed E-state index contributed by atoms with van der Waals surface area (Å²) in [4.78, 5) is 0. The lowest BCUT2D eigenvalue weighted by atomic mass is 10.1. The summed E-state index contributed by atoms with van der Waals surface area (Å²) in [5.41, 5.74) is 1.78. The smallest absolute Gasteiger partial charge is 0.137 e. The first-order valence-corrected chi connectivity index (χ1v) is 7.00. The van der Waals surface area contributed by atoms with Crippen LogP contribution >= 0.6 is 47.8 Å². The molecule has 0 unspecified atom stereocenters. The van der Waals surface area contributed by atoms with Gasteiger partial charge in [-0.2, -0.15) is 0 Å². The molecule has 0 saturated heterocycles. The summed E-state index contributed by atoms with van der Waals surface area (Å²) in [5, 5.41) is 2.24. The van der Waals surface area contributed by atoms with Crippen LogP contribution in [0.3, 0.4) is 0 Å². The maximum Gasteiger partial charge on any atom is 0.137 e. The van der Waals surface area contributed by atoms with Gasteiger partial charge in [0.25, 0.3) is 0 Å². The zero-order valence-corrected chi connectivity index (χ0v) is 12.7. The van der Waals surface area contributed by atoms with Crippen molar-refractivity contribution in [1.29, 1.82) is 0 Å². The Hall–Kier alpha value is -0.320. The predicted molar refractivity (Wildman–Crippen MR) is 76.8 cm³/mol. The quantitative estimate of drug-likeness (QED) is 0.456. The van der Waals surface area contributed by atoms with Gasteiger partial charge in [0.15, 0.2) is 0 Å². The average molecular weight is 405 g/mol. The van der Waals surface area contributed by atoms with Gasteiger partial charge in [0.2, 0.25) is 0 Å². The minimum atomic E-state index is 0.884. The molecule has 0 amide bonds.